The maximum atomic E-state index is 13.3. The Morgan fingerprint density at radius 1 is 1.19 bits per heavy atom. The van der Waals surface area contributed by atoms with E-state index in [1.807, 2.05) is 0 Å². The molecule has 12 heteroatoms. The van der Waals surface area contributed by atoms with Crippen LogP contribution in [0.4, 0.5) is 13.2 Å². The van der Waals surface area contributed by atoms with Gasteiger partial charge in [0.05, 0.1) is 31.4 Å². The third-order valence-corrected chi connectivity index (χ3v) is 7.07. The van der Waals surface area contributed by atoms with E-state index in [2.05, 4.69) is 15.2 Å². The molecule has 0 bridgehead atoms. The van der Waals surface area contributed by atoms with Gasteiger partial charge in [0.25, 0.3) is 5.56 Å². The van der Waals surface area contributed by atoms with E-state index in [0.717, 1.165) is 19.5 Å². The number of halogens is 4. The number of likely N-dealkylation sites (tertiary alicyclic amines) is 1. The average Bonchev–Trinajstić information content (AvgIpc) is 3.43. The molecule has 0 aliphatic carbocycles. The number of hydrogen-bond acceptors (Lipinski definition) is 5. The zero-order valence-corrected chi connectivity index (χ0v) is 20.8. The fraction of sp³-hybridized carbons (Fsp3) is 0.480. The van der Waals surface area contributed by atoms with Crippen molar-refractivity contribution in [1.29, 1.82) is 0 Å². The van der Waals surface area contributed by atoms with Crippen molar-refractivity contribution in [2.75, 3.05) is 26.3 Å². The molecule has 1 aromatic carbocycles. The van der Waals surface area contributed by atoms with Crippen molar-refractivity contribution >= 4 is 23.3 Å². The number of rotatable bonds is 8. The lowest BCUT2D eigenvalue weighted by atomic mass is 10.2. The molecule has 0 saturated carbocycles. The van der Waals surface area contributed by atoms with Gasteiger partial charge in [-0.2, -0.15) is 13.2 Å². The highest BCUT2D eigenvalue weighted by atomic mass is 35.5. The molecular formula is C25H27ClF3N5O3. The molecular weight excluding hydrogens is 511 g/mol. The molecule has 2 fully saturated rings. The van der Waals surface area contributed by atoms with Gasteiger partial charge in [0, 0.05) is 60.6 Å². The molecule has 0 unspecified atom stereocenters. The van der Waals surface area contributed by atoms with E-state index in [9.17, 15) is 22.8 Å². The summed E-state index contributed by atoms with van der Waals surface area (Å²) in [6, 6.07) is 7.25. The minimum absolute atomic E-state index is 0.00394. The lowest BCUT2D eigenvalue weighted by molar-refractivity contribution is -0.135. The Morgan fingerprint density at radius 3 is 2.62 bits per heavy atom. The lowest BCUT2D eigenvalue weighted by Crippen LogP contribution is -2.49. The number of nitrogens with zero attached hydrogens (tertiary/aromatic N) is 4. The minimum Gasteiger partial charge on any atom is -0.378 e. The van der Waals surface area contributed by atoms with Gasteiger partial charge in [-0.3, -0.25) is 18.9 Å². The van der Waals surface area contributed by atoms with Crippen LogP contribution in [-0.4, -0.2) is 69.3 Å². The van der Waals surface area contributed by atoms with Crippen LogP contribution in [0.3, 0.4) is 0 Å². The predicted octanol–water partition coefficient (Wildman–Crippen LogP) is 3.29. The van der Waals surface area contributed by atoms with Gasteiger partial charge >= 0.3 is 6.18 Å². The molecule has 2 aromatic heterocycles. The van der Waals surface area contributed by atoms with Gasteiger partial charge in [0.15, 0.2) is 0 Å². The van der Waals surface area contributed by atoms with Crippen molar-refractivity contribution < 1.29 is 22.7 Å². The second kappa shape index (κ2) is 10.5. The smallest absolute Gasteiger partial charge is 0.378 e. The molecule has 0 radical (unpaired) electrons. The number of aryl methyl sites for hydroxylation is 1. The summed E-state index contributed by atoms with van der Waals surface area (Å²) in [6.45, 7) is 3.01. The van der Waals surface area contributed by atoms with Gasteiger partial charge in [0.2, 0.25) is 11.7 Å². The first-order chi connectivity index (χ1) is 17.7. The molecule has 5 rings (SSSR count). The first-order valence-electron chi connectivity index (χ1n) is 12.2. The van der Waals surface area contributed by atoms with E-state index in [0.29, 0.717) is 35.5 Å². The highest BCUT2D eigenvalue weighted by Crippen LogP contribution is 2.24. The van der Waals surface area contributed by atoms with Gasteiger partial charge in [0.1, 0.15) is 0 Å². The van der Waals surface area contributed by atoms with E-state index in [-0.39, 0.29) is 42.7 Å². The number of carbonyl (C=O) groups is 1. The summed E-state index contributed by atoms with van der Waals surface area (Å²) in [5.74, 6) is -0.0801. The lowest BCUT2D eigenvalue weighted by Gasteiger charge is -2.34. The van der Waals surface area contributed by atoms with Crippen molar-refractivity contribution in [3.8, 4) is 11.3 Å². The maximum Gasteiger partial charge on any atom is 0.389 e. The number of aromatic nitrogens is 3. The molecule has 2 aliphatic heterocycles. The molecule has 0 spiro atoms. The number of imidazole rings is 1. The first-order valence-corrected chi connectivity index (χ1v) is 12.6. The highest BCUT2D eigenvalue weighted by molar-refractivity contribution is 6.30. The van der Waals surface area contributed by atoms with Gasteiger partial charge in [-0.1, -0.05) is 23.7 Å². The summed E-state index contributed by atoms with van der Waals surface area (Å²) < 4.78 is 46.4. The normalized spacial score (nSPS) is 18.9. The topological polar surface area (TPSA) is 80.9 Å². The molecule has 2 aliphatic rings. The second-order valence-corrected chi connectivity index (χ2v) is 10.0. The van der Waals surface area contributed by atoms with Crippen LogP contribution < -0.4 is 10.9 Å². The van der Waals surface area contributed by atoms with Gasteiger partial charge in [-0.25, -0.2) is 4.98 Å². The van der Waals surface area contributed by atoms with E-state index in [1.165, 1.54) is 21.4 Å². The average molecular weight is 538 g/mol. The zero-order chi connectivity index (χ0) is 26.2. The summed E-state index contributed by atoms with van der Waals surface area (Å²) in [4.78, 5) is 32.9. The molecule has 3 aromatic rings. The van der Waals surface area contributed by atoms with Crippen molar-refractivity contribution in [1.82, 2.24) is 24.2 Å². The number of ether oxygens (including phenoxy) is 1. The monoisotopic (exact) mass is 537 g/mol. The number of hydrogen-bond donors (Lipinski definition) is 1. The summed E-state index contributed by atoms with van der Waals surface area (Å²) in [5.41, 5.74) is 0.950. The Kier molecular flexibility index (Phi) is 7.28. The fourth-order valence-corrected chi connectivity index (χ4v) is 4.92. The standard InChI is InChI=1S/C25H27ClF3N5O3/c26-18-4-2-16(3-5-18)21-13-34-23(36)17(11-33(24(34)31-21)8-1-7-25(27,28)29)10-22(35)30-19-6-9-32(12-19)20-14-37-15-20/h2-5,11,13,19-20H,1,6-10,12,14-15H2,(H,30,35)/t19-/m0/s1. The third kappa shape index (κ3) is 6.00. The van der Waals surface area contributed by atoms with Gasteiger partial charge in [-0.05, 0) is 25.0 Å². The van der Waals surface area contributed by atoms with Crippen LogP contribution in [0.15, 0.2) is 41.5 Å². The summed E-state index contributed by atoms with van der Waals surface area (Å²) >= 11 is 5.97. The molecule has 2 saturated heterocycles. The van der Waals surface area contributed by atoms with Crippen LogP contribution in [0.1, 0.15) is 24.8 Å². The van der Waals surface area contributed by atoms with Crippen molar-refractivity contribution in [3.05, 3.63) is 57.6 Å². The van der Waals surface area contributed by atoms with Crippen LogP contribution in [0.5, 0.6) is 0 Å². The highest BCUT2D eigenvalue weighted by Gasteiger charge is 2.33. The van der Waals surface area contributed by atoms with Crippen molar-refractivity contribution in [2.24, 2.45) is 0 Å². The molecule has 8 nitrogen and oxygen atoms in total. The Morgan fingerprint density at radius 2 is 1.95 bits per heavy atom. The number of carbonyl (C=O) groups excluding carboxylic acids is 1. The van der Waals surface area contributed by atoms with Crippen LogP contribution in [0, 0.1) is 0 Å². The predicted molar refractivity (Wildman–Crippen MR) is 132 cm³/mol. The van der Waals surface area contributed by atoms with E-state index in [1.54, 1.807) is 24.3 Å². The van der Waals surface area contributed by atoms with Gasteiger partial charge in [-0.15, -0.1) is 0 Å². The number of amides is 1. The third-order valence-electron chi connectivity index (χ3n) is 6.82. The fourth-order valence-electron chi connectivity index (χ4n) is 4.80. The summed E-state index contributed by atoms with van der Waals surface area (Å²) in [6.07, 6.45) is -1.80. The molecule has 198 valence electrons. The minimum atomic E-state index is -4.29. The molecule has 1 atom stereocenters. The van der Waals surface area contributed by atoms with Crippen molar-refractivity contribution in [3.63, 3.8) is 0 Å². The zero-order valence-electron chi connectivity index (χ0n) is 20.0. The Hall–Kier alpha value is -2.89. The van der Waals surface area contributed by atoms with E-state index in [4.69, 9.17) is 16.3 Å². The SMILES string of the molecule is O=C(Cc1cn(CCCC(F)(F)F)c2nc(-c3ccc(Cl)cc3)cn2c1=O)N[C@H]1CCN(C2COC2)C1. The van der Waals surface area contributed by atoms with Crippen LogP contribution in [0.2, 0.25) is 5.02 Å². The largest absolute Gasteiger partial charge is 0.389 e. The van der Waals surface area contributed by atoms with Crippen LogP contribution in [0.25, 0.3) is 17.0 Å². The summed E-state index contributed by atoms with van der Waals surface area (Å²) in [5, 5.41) is 3.54. The number of nitrogens with one attached hydrogen (secondary N) is 1. The number of benzene rings is 1. The van der Waals surface area contributed by atoms with E-state index < -0.39 is 18.2 Å². The molecule has 4 heterocycles. The Bertz CT molecular complexity index is 1330. The Balaban J connectivity index is 1.38. The van der Waals surface area contributed by atoms with Crippen molar-refractivity contribution in [2.45, 2.75) is 50.5 Å². The van der Waals surface area contributed by atoms with E-state index >= 15 is 0 Å². The van der Waals surface area contributed by atoms with Crippen LogP contribution in [-0.2, 0) is 22.5 Å². The maximum absolute atomic E-state index is 13.3. The first kappa shape index (κ1) is 25.7. The van der Waals surface area contributed by atoms with Crippen LogP contribution >= 0.6 is 11.6 Å². The number of fused-ring (bicyclic) bond motifs is 1. The molecule has 1 amide bonds. The van der Waals surface area contributed by atoms with Gasteiger partial charge < -0.3 is 14.6 Å². The Labute approximate surface area is 216 Å². The molecule has 1 N–H and O–H groups in total. The second-order valence-electron chi connectivity index (χ2n) is 9.59. The summed E-state index contributed by atoms with van der Waals surface area (Å²) in [7, 11) is 0. The number of alkyl halides is 3. The molecule has 37 heavy (non-hydrogen) atoms. The quantitative estimate of drug-likeness (QED) is 0.477.